The van der Waals surface area contributed by atoms with Crippen LogP contribution in [0.4, 0.5) is 10.5 Å². The fourth-order valence-electron chi connectivity index (χ4n) is 1.67. The van der Waals surface area contributed by atoms with Crippen molar-refractivity contribution >= 4 is 11.8 Å². The lowest BCUT2D eigenvalue weighted by Crippen LogP contribution is -2.06. The Balaban J connectivity index is 2.28. The fourth-order valence-corrected chi connectivity index (χ4v) is 1.67. The molecule has 1 aromatic carbocycles. The van der Waals surface area contributed by atoms with Gasteiger partial charge in [0.1, 0.15) is 5.75 Å². The fraction of sp³-hybridized carbons (Fsp3) is 0.364. The molecule has 0 aliphatic heterocycles. The van der Waals surface area contributed by atoms with Crippen molar-refractivity contribution < 1.29 is 19.6 Å². The minimum Gasteiger partial charge on any atom is -0.449 e. The van der Waals surface area contributed by atoms with Crippen molar-refractivity contribution in [1.29, 1.82) is 0 Å². The summed E-state index contributed by atoms with van der Waals surface area (Å²) in [6.07, 6.45) is 1.38. The first kappa shape index (κ1) is 11.4. The van der Waals surface area contributed by atoms with E-state index in [1.165, 1.54) is 18.2 Å². The van der Waals surface area contributed by atoms with Gasteiger partial charge in [-0.1, -0.05) is 0 Å². The van der Waals surface area contributed by atoms with Crippen molar-refractivity contribution in [3.8, 4) is 5.75 Å². The lowest BCUT2D eigenvalue weighted by atomic mass is 10.1. The van der Waals surface area contributed by atoms with Crippen LogP contribution in [0.2, 0.25) is 0 Å². The molecule has 0 amide bonds. The van der Waals surface area contributed by atoms with Gasteiger partial charge in [-0.3, -0.25) is 10.1 Å². The first-order valence-corrected chi connectivity index (χ1v) is 5.24. The average Bonchev–Trinajstić information content (AvgIpc) is 3.03. The summed E-state index contributed by atoms with van der Waals surface area (Å²) in [4.78, 5) is 20.6. The number of nitro groups is 1. The van der Waals surface area contributed by atoms with Crippen molar-refractivity contribution in [3.63, 3.8) is 0 Å². The third-order valence-corrected chi connectivity index (χ3v) is 2.66. The van der Waals surface area contributed by atoms with E-state index < -0.39 is 11.1 Å². The second-order valence-electron chi connectivity index (χ2n) is 4.06. The zero-order valence-electron chi connectivity index (χ0n) is 8.96. The Hall–Kier alpha value is -2.11. The molecule has 6 nitrogen and oxygen atoms in total. The molecule has 1 fully saturated rings. The van der Waals surface area contributed by atoms with Crippen LogP contribution >= 0.6 is 0 Å². The SMILES string of the molecule is O=C(O)Oc1ccc([N+](=O)[O-])cc1CC1CC1. The molecule has 0 heterocycles. The van der Waals surface area contributed by atoms with E-state index in [0.29, 0.717) is 17.9 Å². The highest BCUT2D eigenvalue weighted by atomic mass is 16.7. The first-order valence-electron chi connectivity index (χ1n) is 5.24. The Bertz CT molecular complexity index is 467. The molecule has 0 atom stereocenters. The Kier molecular flexibility index (Phi) is 2.95. The number of carbonyl (C=O) groups is 1. The summed E-state index contributed by atoms with van der Waals surface area (Å²) in [6.45, 7) is 0. The molecule has 1 saturated carbocycles. The normalized spacial score (nSPS) is 14.4. The summed E-state index contributed by atoms with van der Waals surface area (Å²) in [5.74, 6) is 0.683. The predicted octanol–water partition coefficient (Wildman–Crippen LogP) is 2.60. The van der Waals surface area contributed by atoms with Gasteiger partial charge in [-0.15, -0.1) is 0 Å². The van der Waals surface area contributed by atoms with Crippen LogP contribution in [0.3, 0.4) is 0 Å². The molecule has 90 valence electrons. The maximum Gasteiger partial charge on any atom is 0.511 e. The van der Waals surface area contributed by atoms with Crippen molar-refractivity contribution in [3.05, 3.63) is 33.9 Å². The molecule has 0 spiro atoms. The van der Waals surface area contributed by atoms with Crippen LogP contribution in [0.5, 0.6) is 5.75 Å². The van der Waals surface area contributed by atoms with E-state index in [1.54, 1.807) is 0 Å². The highest BCUT2D eigenvalue weighted by Crippen LogP contribution is 2.36. The molecule has 1 N–H and O–H groups in total. The Morgan fingerprint density at radius 3 is 2.76 bits per heavy atom. The van der Waals surface area contributed by atoms with E-state index in [9.17, 15) is 14.9 Å². The second kappa shape index (κ2) is 4.40. The molecule has 2 rings (SSSR count). The first-order chi connectivity index (χ1) is 8.06. The van der Waals surface area contributed by atoms with Crippen LogP contribution in [0.15, 0.2) is 18.2 Å². The maximum atomic E-state index is 10.6. The van der Waals surface area contributed by atoms with Crippen molar-refractivity contribution in [2.75, 3.05) is 0 Å². The van der Waals surface area contributed by atoms with E-state index in [-0.39, 0.29) is 11.4 Å². The zero-order valence-corrected chi connectivity index (χ0v) is 8.96. The quantitative estimate of drug-likeness (QED) is 0.376. The van der Waals surface area contributed by atoms with E-state index in [0.717, 1.165) is 12.8 Å². The third-order valence-electron chi connectivity index (χ3n) is 2.66. The molecule has 6 heteroatoms. The highest BCUT2D eigenvalue weighted by molar-refractivity contribution is 5.62. The van der Waals surface area contributed by atoms with E-state index >= 15 is 0 Å². The number of nitrogens with zero attached hydrogens (tertiary/aromatic N) is 1. The molecule has 1 aliphatic carbocycles. The molecule has 17 heavy (non-hydrogen) atoms. The lowest BCUT2D eigenvalue weighted by Gasteiger charge is -2.07. The molecular weight excluding hydrogens is 226 g/mol. The van der Waals surface area contributed by atoms with Crippen LogP contribution in [0, 0.1) is 16.0 Å². The van der Waals surface area contributed by atoms with Gasteiger partial charge < -0.3 is 9.84 Å². The number of benzene rings is 1. The van der Waals surface area contributed by atoms with Crippen LogP contribution in [0.1, 0.15) is 18.4 Å². The standard InChI is InChI=1S/C11H11NO5/c13-11(14)17-10-4-3-9(12(15)16)6-8(10)5-7-1-2-7/h3-4,6-7H,1-2,5H2,(H,13,14). The molecule has 1 aliphatic rings. The Morgan fingerprint density at radius 1 is 1.53 bits per heavy atom. The lowest BCUT2D eigenvalue weighted by molar-refractivity contribution is -0.384. The van der Waals surface area contributed by atoms with Gasteiger partial charge in [0.15, 0.2) is 0 Å². The molecule has 1 aromatic rings. The monoisotopic (exact) mass is 237 g/mol. The van der Waals surface area contributed by atoms with Crippen molar-refractivity contribution in [1.82, 2.24) is 0 Å². The minimum absolute atomic E-state index is 0.0432. The van der Waals surface area contributed by atoms with Crippen LogP contribution < -0.4 is 4.74 Å². The van der Waals surface area contributed by atoms with Crippen LogP contribution in [-0.2, 0) is 6.42 Å². The summed E-state index contributed by atoms with van der Waals surface area (Å²) in [5.41, 5.74) is 0.544. The number of ether oxygens (including phenoxy) is 1. The number of hydrogen-bond donors (Lipinski definition) is 1. The summed E-state index contributed by atoms with van der Waals surface area (Å²) in [7, 11) is 0. The molecular formula is C11H11NO5. The van der Waals surface area contributed by atoms with Gasteiger partial charge in [-0.05, 0) is 31.2 Å². The summed E-state index contributed by atoms with van der Waals surface area (Å²) in [5, 5.41) is 19.2. The second-order valence-corrected chi connectivity index (χ2v) is 4.06. The summed E-state index contributed by atoms with van der Waals surface area (Å²) >= 11 is 0. The van der Waals surface area contributed by atoms with Crippen molar-refractivity contribution in [2.45, 2.75) is 19.3 Å². The number of non-ortho nitro benzene ring substituents is 1. The number of rotatable bonds is 4. The van der Waals surface area contributed by atoms with Gasteiger partial charge in [-0.2, -0.15) is 0 Å². The van der Waals surface area contributed by atoms with Gasteiger partial charge in [0, 0.05) is 17.7 Å². The number of carboxylic acid groups (broad SMARTS) is 1. The maximum absolute atomic E-state index is 10.6. The molecule has 0 saturated heterocycles. The topological polar surface area (TPSA) is 89.7 Å². The van der Waals surface area contributed by atoms with Gasteiger partial charge in [0.2, 0.25) is 0 Å². The van der Waals surface area contributed by atoms with Gasteiger partial charge in [0.05, 0.1) is 4.92 Å². The zero-order chi connectivity index (χ0) is 12.4. The van der Waals surface area contributed by atoms with Crippen LogP contribution in [-0.4, -0.2) is 16.2 Å². The minimum atomic E-state index is -1.41. The number of nitro benzene ring substituents is 1. The van der Waals surface area contributed by atoms with Crippen LogP contribution in [0.25, 0.3) is 0 Å². The van der Waals surface area contributed by atoms with E-state index in [4.69, 9.17) is 5.11 Å². The van der Waals surface area contributed by atoms with Gasteiger partial charge in [0.25, 0.3) is 5.69 Å². The largest absolute Gasteiger partial charge is 0.511 e. The molecule has 0 unspecified atom stereocenters. The highest BCUT2D eigenvalue weighted by Gasteiger charge is 2.25. The predicted molar refractivity (Wildman–Crippen MR) is 58.2 cm³/mol. The molecule has 0 radical (unpaired) electrons. The third kappa shape index (κ3) is 2.93. The molecule has 0 aromatic heterocycles. The molecule has 0 bridgehead atoms. The van der Waals surface area contributed by atoms with Crippen molar-refractivity contribution in [2.24, 2.45) is 5.92 Å². The van der Waals surface area contributed by atoms with E-state index in [1.807, 2.05) is 0 Å². The Labute approximate surface area is 97.0 Å². The summed E-state index contributed by atoms with van der Waals surface area (Å²) < 4.78 is 4.60. The van der Waals surface area contributed by atoms with Gasteiger partial charge in [-0.25, -0.2) is 4.79 Å². The van der Waals surface area contributed by atoms with E-state index in [2.05, 4.69) is 4.74 Å². The average molecular weight is 237 g/mol. The summed E-state index contributed by atoms with van der Waals surface area (Å²) in [6, 6.07) is 3.97. The smallest absolute Gasteiger partial charge is 0.449 e. The number of hydrogen-bond acceptors (Lipinski definition) is 4. The van der Waals surface area contributed by atoms with Gasteiger partial charge >= 0.3 is 6.16 Å². The Morgan fingerprint density at radius 2 is 2.24 bits per heavy atom.